The van der Waals surface area contributed by atoms with Crippen molar-refractivity contribution in [1.29, 1.82) is 0 Å². The first-order chi connectivity index (χ1) is 8.49. The first-order valence-electron chi connectivity index (χ1n) is 6.01. The number of hydrogen-bond donors (Lipinski definition) is 0. The van der Waals surface area contributed by atoms with Gasteiger partial charge in [0.25, 0.3) is 0 Å². The predicted molar refractivity (Wildman–Crippen MR) is 61.1 cm³/mol. The molecule has 1 aromatic carbocycles. The molecule has 82 valence electrons. The largest absolute Gasteiger partial charge is 0.441 e. The normalized spacial score (nSPS) is 12.1. The second-order valence-electron chi connectivity index (χ2n) is 3.59. The van der Waals surface area contributed by atoms with Gasteiger partial charge in [0.2, 0.25) is 5.89 Å². The van der Waals surface area contributed by atoms with Crippen molar-refractivity contribution in [3.05, 3.63) is 41.7 Å². The van der Waals surface area contributed by atoms with Gasteiger partial charge >= 0.3 is 0 Å². The minimum Gasteiger partial charge on any atom is -0.441 e. The van der Waals surface area contributed by atoms with E-state index >= 15 is 0 Å². The number of Topliss-reactive ketones (excluding diaryl/α,β-unsaturated/α-hetero) is 1. The van der Waals surface area contributed by atoms with E-state index < -0.39 is 0 Å². The van der Waals surface area contributed by atoms with Crippen molar-refractivity contribution in [3.63, 3.8) is 0 Å². The Morgan fingerprint density at radius 1 is 1.44 bits per heavy atom. The summed E-state index contributed by atoms with van der Waals surface area (Å²) in [6.07, 6.45) is 0.211. The first-order valence-corrected chi connectivity index (χ1v) is 5.01. The summed E-state index contributed by atoms with van der Waals surface area (Å²) >= 11 is 0. The molecule has 0 bridgehead atoms. The molecule has 2 aromatic rings. The number of ketones is 1. The average Bonchev–Trinajstić information content (AvgIpc) is 2.59. The number of rotatable bonds is 3. The maximum atomic E-state index is 11.1. The highest BCUT2D eigenvalue weighted by Crippen LogP contribution is 2.21. The molecule has 0 atom stereocenters. The van der Waals surface area contributed by atoms with Crippen LogP contribution in [0.5, 0.6) is 0 Å². The number of carbonyl (C=O) groups is 1. The number of oxazole rings is 1. The molecule has 0 amide bonds. The Bertz CT molecular complexity index is 585. The Morgan fingerprint density at radius 2 is 2.12 bits per heavy atom. The van der Waals surface area contributed by atoms with Crippen molar-refractivity contribution in [2.45, 2.75) is 20.3 Å². The van der Waals surface area contributed by atoms with E-state index in [0.29, 0.717) is 17.0 Å². The fraction of sp³-hybridized carbons (Fsp3) is 0.231. The number of aromatic nitrogens is 1. The lowest BCUT2D eigenvalue weighted by Crippen LogP contribution is -1.97. The van der Waals surface area contributed by atoms with E-state index in [1.807, 2.05) is 0 Å². The van der Waals surface area contributed by atoms with Crippen molar-refractivity contribution in [2.24, 2.45) is 0 Å². The Hall–Kier alpha value is -1.90. The topological polar surface area (TPSA) is 43.1 Å². The van der Waals surface area contributed by atoms with E-state index in [9.17, 15) is 4.79 Å². The zero-order chi connectivity index (χ0) is 13.3. The third-order valence-corrected chi connectivity index (χ3v) is 2.17. The van der Waals surface area contributed by atoms with Crippen molar-refractivity contribution < 1.29 is 12.0 Å². The van der Waals surface area contributed by atoms with Crippen LogP contribution < -0.4 is 0 Å². The molecule has 0 aliphatic carbocycles. The van der Waals surface area contributed by atoms with Crippen LogP contribution in [-0.2, 0) is 11.2 Å². The standard InChI is InChI=1S/C13H13NO2/c1-9(15)8-12-10(2)16-13(14-12)11-6-4-3-5-7-11/h3-7H,8H2,1-2H3/i6D,7D. The summed E-state index contributed by atoms with van der Waals surface area (Å²) in [4.78, 5) is 15.3. The van der Waals surface area contributed by atoms with Crippen molar-refractivity contribution >= 4 is 5.78 Å². The highest BCUT2D eigenvalue weighted by Gasteiger charge is 2.12. The lowest BCUT2D eigenvalue weighted by Gasteiger charge is -1.92. The summed E-state index contributed by atoms with van der Waals surface area (Å²) in [5.74, 6) is 0.797. The molecule has 0 fully saturated rings. The monoisotopic (exact) mass is 217 g/mol. The molecule has 1 heterocycles. The number of carbonyl (C=O) groups excluding carboxylic acids is 1. The molecule has 0 saturated carbocycles. The minimum atomic E-state index is 0.00297. The molecule has 3 nitrogen and oxygen atoms in total. The quantitative estimate of drug-likeness (QED) is 0.794. The van der Waals surface area contributed by atoms with Crippen LogP contribution in [0.4, 0.5) is 0 Å². The van der Waals surface area contributed by atoms with Crippen molar-refractivity contribution in [2.75, 3.05) is 0 Å². The van der Waals surface area contributed by atoms with Gasteiger partial charge in [-0.1, -0.05) is 18.2 Å². The Morgan fingerprint density at radius 3 is 2.75 bits per heavy atom. The molecule has 3 heteroatoms. The molecule has 0 N–H and O–H groups in total. The summed E-state index contributed by atoms with van der Waals surface area (Å²) in [7, 11) is 0. The van der Waals surface area contributed by atoms with Crippen LogP contribution >= 0.6 is 0 Å². The molecule has 0 unspecified atom stereocenters. The molecule has 0 spiro atoms. The van der Waals surface area contributed by atoms with E-state index in [1.165, 1.54) is 6.92 Å². The van der Waals surface area contributed by atoms with Gasteiger partial charge in [0.1, 0.15) is 11.5 Å². The number of hydrogen-bond acceptors (Lipinski definition) is 3. The maximum Gasteiger partial charge on any atom is 0.226 e. The van der Waals surface area contributed by atoms with Gasteiger partial charge in [-0.25, -0.2) is 4.98 Å². The van der Waals surface area contributed by atoms with Crippen LogP contribution in [0.15, 0.2) is 34.7 Å². The van der Waals surface area contributed by atoms with Crippen molar-refractivity contribution in [3.8, 4) is 11.5 Å². The molecule has 0 aliphatic heterocycles. The fourth-order valence-corrected chi connectivity index (χ4v) is 1.41. The molecule has 16 heavy (non-hydrogen) atoms. The van der Waals surface area contributed by atoms with Gasteiger partial charge in [-0.3, -0.25) is 4.79 Å². The van der Waals surface area contributed by atoms with Crippen LogP contribution in [0.2, 0.25) is 0 Å². The van der Waals surface area contributed by atoms with E-state index in [4.69, 9.17) is 7.16 Å². The second kappa shape index (κ2) is 4.31. The lowest BCUT2D eigenvalue weighted by molar-refractivity contribution is -0.116. The van der Waals surface area contributed by atoms with Crippen molar-refractivity contribution in [1.82, 2.24) is 4.98 Å². The average molecular weight is 217 g/mol. The third-order valence-electron chi connectivity index (χ3n) is 2.17. The van der Waals surface area contributed by atoms with E-state index in [0.717, 1.165) is 0 Å². The van der Waals surface area contributed by atoms with Gasteiger partial charge in [0.15, 0.2) is 0 Å². The number of nitrogens with zero attached hydrogens (tertiary/aromatic N) is 1. The smallest absolute Gasteiger partial charge is 0.226 e. The van der Waals surface area contributed by atoms with Crippen LogP contribution in [-0.4, -0.2) is 10.8 Å². The number of benzene rings is 1. The van der Waals surface area contributed by atoms with Gasteiger partial charge < -0.3 is 4.42 Å². The highest BCUT2D eigenvalue weighted by molar-refractivity contribution is 5.78. The molecular formula is C13H13NO2. The SMILES string of the molecule is [2H]c1cccc([2H])c1-c1nc(CC(C)=O)c(C)o1. The van der Waals surface area contributed by atoms with E-state index in [1.54, 1.807) is 25.1 Å². The van der Waals surface area contributed by atoms with Crippen LogP contribution in [0, 0.1) is 6.92 Å². The summed E-state index contributed by atoms with van der Waals surface area (Å²) in [6, 6.07) is 5.19. The molecule has 2 rings (SSSR count). The molecular weight excluding hydrogens is 202 g/mol. The third kappa shape index (κ3) is 2.19. The summed E-state index contributed by atoms with van der Waals surface area (Å²) in [5.41, 5.74) is 0.926. The molecule has 0 radical (unpaired) electrons. The highest BCUT2D eigenvalue weighted by atomic mass is 16.4. The van der Waals surface area contributed by atoms with Crippen LogP contribution in [0.1, 0.15) is 21.1 Å². The first kappa shape index (κ1) is 8.28. The van der Waals surface area contributed by atoms with Gasteiger partial charge in [-0.05, 0) is 25.9 Å². The summed E-state index contributed by atoms with van der Waals surface area (Å²) in [5, 5.41) is 0. The summed E-state index contributed by atoms with van der Waals surface area (Å²) < 4.78 is 21.0. The Kier molecular flexibility index (Phi) is 2.23. The van der Waals surface area contributed by atoms with Gasteiger partial charge in [0, 0.05) is 5.56 Å². The zero-order valence-corrected chi connectivity index (χ0v) is 9.20. The predicted octanol–water partition coefficient (Wildman–Crippen LogP) is 2.78. The maximum absolute atomic E-state index is 11.1. The minimum absolute atomic E-state index is 0.00297. The molecule has 0 saturated heterocycles. The zero-order valence-electron chi connectivity index (χ0n) is 11.2. The molecule has 1 aromatic heterocycles. The second-order valence-corrected chi connectivity index (χ2v) is 3.59. The van der Waals surface area contributed by atoms with Gasteiger partial charge in [-0.2, -0.15) is 0 Å². The fourth-order valence-electron chi connectivity index (χ4n) is 1.41. The number of aryl methyl sites for hydroxylation is 1. The van der Waals surface area contributed by atoms with Crippen LogP contribution in [0.25, 0.3) is 11.5 Å². The van der Waals surface area contributed by atoms with Gasteiger partial charge in [0.05, 0.1) is 14.9 Å². The van der Waals surface area contributed by atoms with E-state index in [2.05, 4.69) is 4.98 Å². The molecule has 0 aliphatic rings. The van der Waals surface area contributed by atoms with E-state index in [-0.39, 0.29) is 30.2 Å². The van der Waals surface area contributed by atoms with Gasteiger partial charge in [-0.15, -0.1) is 0 Å². The lowest BCUT2D eigenvalue weighted by atomic mass is 10.2. The Labute approximate surface area is 96.9 Å². The summed E-state index contributed by atoms with van der Waals surface area (Å²) in [6.45, 7) is 3.22. The Balaban J connectivity index is 2.49. The van der Waals surface area contributed by atoms with Crippen LogP contribution in [0.3, 0.4) is 0 Å².